The number of hydrogen-bond donors (Lipinski definition) is 0. The molecule has 29 heavy (non-hydrogen) atoms. The highest BCUT2D eigenvalue weighted by atomic mass is 16.5. The lowest BCUT2D eigenvalue weighted by atomic mass is 10.1. The Morgan fingerprint density at radius 2 is 1.59 bits per heavy atom. The molecule has 160 valence electrons. The van der Waals surface area contributed by atoms with E-state index in [1.165, 1.54) is 37.7 Å². The number of hydrogen-bond acceptors (Lipinski definition) is 4. The third-order valence-corrected chi connectivity index (χ3v) is 5.19. The summed E-state index contributed by atoms with van der Waals surface area (Å²) in [5, 5.41) is 0. The van der Waals surface area contributed by atoms with Crippen LogP contribution in [-0.2, 0) is 11.2 Å². The quantitative estimate of drug-likeness (QED) is 0.322. The van der Waals surface area contributed by atoms with Gasteiger partial charge in [0.25, 0.3) is 0 Å². The van der Waals surface area contributed by atoms with Crippen LogP contribution in [0.25, 0.3) is 11.4 Å². The minimum atomic E-state index is 0.649. The first kappa shape index (κ1) is 23.3. The summed E-state index contributed by atoms with van der Waals surface area (Å²) in [4.78, 5) is 9.07. The predicted octanol–water partition coefficient (Wildman–Crippen LogP) is 6.49. The van der Waals surface area contributed by atoms with Gasteiger partial charge in [0, 0.05) is 31.2 Å². The monoisotopic (exact) mass is 398 g/mol. The number of aryl methyl sites for hydroxylation is 1. The van der Waals surface area contributed by atoms with E-state index in [4.69, 9.17) is 9.47 Å². The van der Waals surface area contributed by atoms with Crippen LogP contribution in [0.2, 0.25) is 0 Å². The van der Waals surface area contributed by atoms with E-state index in [2.05, 4.69) is 30.7 Å². The molecule has 1 aromatic carbocycles. The van der Waals surface area contributed by atoms with Crippen LogP contribution in [0.5, 0.6) is 5.75 Å². The third-order valence-electron chi connectivity index (χ3n) is 5.19. The van der Waals surface area contributed by atoms with E-state index in [1.807, 2.05) is 36.7 Å². The van der Waals surface area contributed by atoms with Crippen molar-refractivity contribution in [2.75, 3.05) is 19.8 Å². The molecule has 0 N–H and O–H groups in total. The molecule has 0 aliphatic rings. The smallest absolute Gasteiger partial charge is 0.159 e. The standard InChI is InChI=1S/C25H38N2O2/c1-4-6-7-8-11-22-18-26-25(27-19-22)23-12-14-24(15-13-23)29-17-10-9-16-28-20-21(3)5-2/h12-15,18-19,21H,4-11,16-17,20H2,1-3H3/t21-/m0/s1. The molecular formula is C25H38N2O2. The molecule has 0 saturated heterocycles. The zero-order valence-electron chi connectivity index (χ0n) is 18.5. The van der Waals surface area contributed by atoms with Crippen molar-refractivity contribution < 1.29 is 9.47 Å². The van der Waals surface area contributed by atoms with Crippen molar-refractivity contribution in [3.8, 4) is 17.1 Å². The molecule has 0 fully saturated rings. The van der Waals surface area contributed by atoms with Crippen molar-refractivity contribution in [1.29, 1.82) is 0 Å². The van der Waals surface area contributed by atoms with Crippen molar-refractivity contribution in [3.63, 3.8) is 0 Å². The Kier molecular flexibility index (Phi) is 11.4. The molecule has 0 bridgehead atoms. The lowest BCUT2D eigenvalue weighted by Crippen LogP contribution is -2.06. The van der Waals surface area contributed by atoms with Crippen LogP contribution < -0.4 is 4.74 Å². The molecule has 4 nitrogen and oxygen atoms in total. The van der Waals surface area contributed by atoms with Crippen LogP contribution in [0.3, 0.4) is 0 Å². The molecule has 1 heterocycles. The summed E-state index contributed by atoms with van der Waals surface area (Å²) in [6.45, 7) is 9.05. The number of ether oxygens (including phenoxy) is 2. The summed E-state index contributed by atoms with van der Waals surface area (Å²) in [5.74, 6) is 2.31. The van der Waals surface area contributed by atoms with Crippen LogP contribution >= 0.6 is 0 Å². The molecular weight excluding hydrogens is 360 g/mol. The SMILES string of the molecule is CCCCCCc1cnc(-c2ccc(OCCCCOC[C@@H](C)CC)cc2)nc1. The van der Waals surface area contributed by atoms with Crippen LogP contribution in [0.4, 0.5) is 0 Å². The van der Waals surface area contributed by atoms with Crippen molar-refractivity contribution >= 4 is 0 Å². The molecule has 4 heteroatoms. The molecule has 0 aliphatic carbocycles. The zero-order chi connectivity index (χ0) is 20.7. The zero-order valence-corrected chi connectivity index (χ0v) is 18.5. The van der Waals surface area contributed by atoms with E-state index >= 15 is 0 Å². The normalized spacial score (nSPS) is 12.1. The van der Waals surface area contributed by atoms with Gasteiger partial charge in [0.2, 0.25) is 0 Å². The number of rotatable bonds is 15. The van der Waals surface area contributed by atoms with Gasteiger partial charge in [0.05, 0.1) is 6.61 Å². The Bertz CT molecular complexity index is 656. The number of unbranched alkanes of at least 4 members (excludes halogenated alkanes) is 4. The number of aromatic nitrogens is 2. The maximum absolute atomic E-state index is 5.83. The van der Waals surface area contributed by atoms with Crippen LogP contribution in [0.15, 0.2) is 36.7 Å². The van der Waals surface area contributed by atoms with Crippen molar-refractivity contribution in [2.24, 2.45) is 5.92 Å². The van der Waals surface area contributed by atoms with Gasteiger partial charge in [0.15, 0.2) is 5.82 Å². The van der Waals surface area contributed by atoms with Gasteiger partial charge in [-0.3, -0.25) is 0 Å². The van der Waals surface area contributed by atoms with Gasteiger partial charge >= 0.3 is 0 Å². The van der Waals surface area contributed by atoms with Crippen molar-refractivity contribution in [1.82, 2.24) is 9.97 Å². The maximum Gasteiger partial charge on any atom is 0.159 e. The predicted molar refractivity (Wildman–Crippen MR) is 120 cm³/mol. The molecule has 0 amide bonds. The molecule has 2 aromatic rings. The van der Waals surface area contributed by atoms with E-state index in [0.717, 1.165) is 56.2 Å². The van der Waals surface area contributed by atoms with Gasteiger partial charge in [0.1, 0.15) is 5.75 Å². The lowest BCUT2D eigenvalue weighted by molar-refractivity contribution is 0.0977. The van der Waals surface area contributed by atoms with Crippen LogP contribution in [0, 0.1) is 5.92 Å². The summed E-state index contributed by atoms with van der Waals surface area (Å²) in [6.07, 6.45) is 13.3. The summed E-state index contributed by atoms with van der Waals surface area (Å²) in [6, 6.07) is 8.05. The molecule has 0 aliphatic heterocycles. The van der Waals surface area contributed by atoms with Crippen molar-refractivity contribution in [2.45, 2.75) is 72.1 Å². The largest absolute Gasteiger partial charge is 0.494 e. The van der Waals surface area contributed by atoms with Gasteiger partial charge in [-0.15, -0.1) is 0 Å². The topological polar surface area (TPSA) is 44.2 Å². The van der Waals surface area contributed by atoms with Crippen molar-refractivity contribution in [3.05, 3.63) is 42.2 Å². The Morgan fingerprint density at radius 3 is 2.28 bits per heavy atom. The van der Waals surface area contributed by atoms with Crippen LogP contribution in [-0.4, -0.2) is 29.8 Å². The Labute approximate surface area is 177 Å². The van der Waals surface area contributed by atoms with E-state index in [1.54, 1.807) is 0 Å². The molecule has 1 aromatic heterocycles. The number of nitrogens with zero attached hydrogens (tertiary/aromatic N) is 2. The van der Waals surface area contributed by atoms with Gasteiger partial charge < -0.3 is 9.47 Å². The Morgan fingerprint density at radius 1 is 0.862 bits per heavy atom. The second-order valence-corrected chi connectivity index (χ2v) is 7.89. The minimum absolute atomic E-state index is 0.649. The Hall–Kier alpha value is -1.94. The summed E-state index contributed by atoms with van der Waals surface area (Å²) < 4.78 is 11.5. The second-order valence-electron chi connectivity index (χ2n) is 7.89. The molecule has 2 rings (SSSR count). The minimum Gasteiger partial charge on any atom is -0.494 e. The molecule has 1 atom stereocenters. The highest BCUT2D eigenvalue weighted by Crippen LogP contribution is 2.20. The van der Waals surface area contributed by atoms with E-state index in [9.17, 15) is 0 Å². The summed E-state index contributed by atoms with van der Waals surface area (Å²) in [7, 11) is 0. The van der Waals surface area contributed by atoms with Gasteiger partial charge in [-0.1, -0.05) is 46.5 Å². The molecule has 0 spiro atoms. The van der Waals surface area contributed by atoms with Gasteiger partial charge in [-0.2, -0.15) is 0 Å². The average molecular weight is 399 g/mol. The maximum atomic E-state index is 5.83. The average Bonchev–Trinajstić information content (AvgIpc) is 2.77. The Balaban J connectivity index is 1.67. The first-order chi connectivity index (χ1) is 14.2. The fourth-order valence-corrected chi connectivity index (χ4v) is 2.99. The number of benzene rings is 1. The summed E-state index contributed by atoms with van der Waals surface area (Å²) >= 11 is 0. The highest BCUT2D eigenvalue weighted by molar-refractivity contribution is 5.55. The fourth-order valence-electron chi connectivity index (χ4n) is 2.99. The fraction of sp³-hybridized carbons (Fsp3) is 0.600. The first-order valence-corrected chi connectivity index (χ1v) is 11.3. The van der Waals surface area contributed by atoms with Crippen LogP contribution in [0.1, 0.15) is 71.3 Å². The first-order valence-electron chi connectivity index (χ1n) is 11.3. The molecule has 0 saturated carbocycles. The van der Waals surface area contributed by atoms with Gasteiger partial charge in [-0.25, -0.2) is 9.97 Å². The van der Waals surface area contributed by atoms with Gasteiger partial charge in [-0.05, 0) is 61.4 Å². The second kappa shape index (κ2) is 14.1. The van der Waals surface area contributed by atoms with E-state index in [0.29, 0.717) is 5.92 Å². The third kappa shape index (κ3) is 9.40. The molecule has 0 radical (unpaired) electrons. The summed E-state index contributed by atoms with van der Waals surface area (Å²) in [5.41, 5.74) is 2.24. The van der Waals surface area contributed by atoms with E-state index < -0.39 is 0 Å². The highest BCUT2D eigenvalue weighted by Gasteiger charge is 2.03. The molecule has 0 unspecified atom stereocenters. The van der Waals surface area contributed by atoms with E-state index in [-0.39, 0.29) is 0 Å². The lowest BCUT2D eigenvalue weighted by Gasteiger charge is -2.10.